The Morgan fingerprint density at radius 3 is 2.74 bits per heavy atom. The molecule has 1 N–H and O–H groups in total. The molecule has 2 heterocycles. The number of hydrogen-bond donors (Lipinski definition) is 1. The summed E-state index contributed by atoms with van der Waals surface area (Å²) in [5.74, 6) is 1.51. The Morgan fingerprint density at radius 2 is 1.95 bits per heavy atom. The van der Waals surface area contributed by atoms with Crippen molar-refractivity contribution in [2.24, 2.45) is 5.92 Å². The van der Waals surface area contributed by atoms with E-state index in [1.54, 1.807) is 4.80 Å². The third-order valence-corrected chi connectivity index (χ3v) is 3.68. The number of benzene rings is 1. The van der Waals surface area contributed by atoms with Crippen LogP contribution in [0.4, 0.5) is 0 Å². The van der Waals surface area contributed by atoms with E-state index in [0.29, 0.717) is 5.82 Å². The molecule has 1 fully saturated rings. The molecule has 19 heavy (non-hydrogen) atoms. The Morgan fingerprint density at radius 1 is 1.16 bits per heavy atom. The first-order valence-corrected chi connectivity index (χ1v) is 6.96. The lowest BCUT2D eigenvalue weighted by atomic mass is 9.95. The maximum atomic E-state index is 4.44. The van der Waals surface area contributed by atoms with Crippen molar-refractivity contribution in [3.63, 3.8) is 0 Å². The molecule has 0 bridgehead atoms. The minimum absolute atomic E-state index is 0.714. The fourth-order valence-electron chi connectivity index (χ4n) is 2.51. The quantitative estimate of drug-likeness (QED) is 0.906. The van der Waals surface area contributed by atoms with Gasteiger partial charge >= 0.3 is 0 Å². The average molecular weight is 257 g/mol. The van der Waals surface area contributed by atoms with Crippen LogP contribution in [0.1, 0.15) is 19.3 Å². The SMILES string of the molecule is c1ccc(-c2nnn(CCC3CCNCC3)n2)cc1. The molecule has 1 saturated heterocycles. The van der Waals surface area contributed by atoms with Gasteiger partial charge in [-0.05, 0) is 43.5 Å². The van der Waals surface area contributed by atoms with Gasteiger partial charge in [0.15, 0.2) is 0 Å². The third-order valence-electron chi connectivity index (χ3n) is 3.68. The standard InChI is InChI=1S/C14H19N5/c1-2-4-13(5-3-1)14-16-18-19(17-14)11-8-12-6-9-15-10-7-12/h1-5,12,15H,6-11H2. The van der Waals surface area contributed by atoms with Gasteiger partial charge in [0.25, 0.3) is 0 Å². The Bertz CT molecular complexity index is 502. The highest BCUT2D eigenvalue weighted by atomic mass is 15.6. The molecule has 0 aliphatic carbocycles. The Kier molecular flexibility index (Phi) is 3.83. The van der Waals surface area contributed by atoms with Gasteiger partial charge in [0.2, 0.25) is 5.82 Å². The van der Waals surface area contributed by atoms with E-state index in [0.717, 1.165) is 37.5 Å². The van der Waals surface area contributed by atoms with Gasteiger partial charge in [-0.1, -0.05) is 30.3 Å². The number of tetrazole rings is 1. The fourth-order valence-corrected chi connectivity index (χ4v) is 2.51. The second-order valence-corrected chi connectivity index (χ2v) is 5.06. The van der Waals surface area contributed by atoms with E-state index in [2.05, 4.69) is 20.7 Å². The number of aromatic nitrogens is 4. The van der Waals surface area contributed by atoms with Crippen LogP contribution in [0, 0.1) is 5.92 Å². The summed E-state index contributed by atoms with van der Waals surface area (Å²) >= 11 is 0. The number of rotatable bonds is 4. The molecule has 1 aliphatic heterocycles. The minimum atomic E-state index is 0.714. The Balaban J connectivity index is 1.59. The van der Waals surface area contributed by atoms with E-state index in [4.69, 9.17) is 0 Å². The highest BCUT2D eigenvalue weighted by Crippen LogP contribution is 2.17. The van der Waals surface area contributed by atoms with Crippen LogP contribution in [-0.2, 0) is 6.54 Å². The number of hydrogen-bond acceptors (Lipinski definition) is 4. The molecule has 0 radical (unpaired) electrons. The second kappa shape index (κ2) is 5.93. The normalized spacial score (nSPS) is 16.6. The predicted octanol–water partition coefficient (Wildman–Crippen LogP) is 1.73. The maximum absolute atomic E-state index is 4.44. The average Bonchev–Trinajstić information content (AvgIpc) is 2.96. The van der Waals surface area contributed by atoms with E-state index in [1.165, 1.54) is 12.8 Å². The van der Waals surface area contributed by atoms with Crippen LogP contribution in [0.2, 0.25) is 0 Å². The number of nitrogens with one attached hydrogen (secondary N) is 1. The molecule has 0 unspecified atom stereocenters. The first kappa shape index (κ1) is 12.3. The summed E-state index contributed by atoms with van der Waals surface area (Å²) in [6, 6.07) is 9.99. The van der Waals surface area contributed by atoms with E-state index in [9.17, 15) is 0 Å². The summed E-state index contributed by atoms with van der Waals surface area (Å²) in [4.78, 5) is 1.73. The highest BCUT2D eigenvalue weighted by Gasteiger charge is 2.13. The molecule has 0 atom stereocenters. The molecule has 100 valence electrons. The Labute approximate surface area is 113 Å². The van der Waals surface area contributed by atoms with Crippen molar-refractivity contribution in [3.05, 3.63) is 30.3 Å². The van der Waals surface area contributed by atoms with Crippen LogP contribution in [-0.4, -0.2) is 33.3 Å². The van der Waals surface area contributed by atoms with Crippen LogP contribution in [0.3, 0.4) is 0 Å². The summed E-state index contributed by atoms with van der Waals surface area (Å²) in [6.07, 6.45) is 3.67. The maximum Gasteiger partial charge on any atom is 0.204 e. The molecule has 3 rings (SSSR count). The van der Waals surface area contributed by atoms with E-state index < -0.39 is 0 Å². The van der Waals surface area contributed by atoms with Crippen molar-refractivity contribution in [2.75, 3.05) is 13.1 Å². The topological polar surface area (TPSA) is 55.6 Å². The monoisotopic (exact) mass is 257 g/mol. The lowest BCUT2D eigenvalue weighted by molar-refractivity contribution is 0.322. The van der Waals surface area contributed by atoms with Crippen LogP contribution in [0.15, 0.2) is 30.3 Å². The Hall–Kier alpha value is -1.75. The molecule has 5 heteroatoms. The van der Waals surface area contributed by atoms with Crippen molar-refractivity contribution in [2.45, 2.75) is 25.8 Å². The van der Waals surface area contributed by atoms with Gasteiger partial charge in [-0.15, -0.1) is 10.2 Å². The molecule has 5 nitrogen and oxygen atoms in total. The molecule has 0 amide bonds. The molecular formula is C14H19N5. The van der Waals surface area contributed by atoms with Crippen molar-refractivity contribution >= 4 is 0 Å². The largest absolute Gasteiger partial charge is 0.317 e. The highest BCUT2D eigenvalue weighted by molar-refractivity contribution is 5.52. The molecule has 1 aliphatic rings. The number of nitrogens with zero attached hydrogens (tertiary/aromatic N) is 4. The summed E-state index contributed by atoms with van der Waals surface area (Å²) in [5.41, 5.74) is 1.02. The van der Waals surface area contributed by atoms with Crippen LogP contribution in [0.5, 0.6) is 0 Å². The predicted molar refractivity (Wildman–Crippen MR) is 73.5 cm³/mol. The zero-order valence-electron chi connectivity index (χ0n) is 11.0. The summed E-state index contributed by atoms with van der Waals surface area (Å²) in [5, 5.41) is 16.1. The van der Waals surface area contributed by atoms with Gasteiger partial charge in [-0.3, -0.25) is 0 Å². The molecule has 1 aromatic carbocycles. The van der Waals surface area contributed by atoms with Crippen LogP contribution >= 0.6 is 0 Å². The third kappa shape index (κ3) is 3.17. The van der Waals surface area contributed by atoms with E-state index in [-0.39, 0.29) is 0 Å². The summed E-state index contributed by atoms with van der Waals surface area (Å²) in [6.45, 7) is 3.15. The second-order valence-electron chi connectivity index (χ2n) is 5.06. The smallest absolute Gasteiger partial charge is 0.204 e. The van der Waals surface area contributed by atoms with Crippen molar-refractivity contribution in [1.29, 1.82) is 0 Å². The van der Waals surface area contributed by atoms with E-state index >= 15 is 0 Å². The zero-order chi connectivity index (χ0) is 12.9. The lowest BCUT2D eigenvalue weighted by Crippen LogP contribution is -2.28. The summed E-state index contributed by atoms with van der Waals surface area (Å²) in [7, 11) is 0. The molecule has 0 spiro atoms. The molecule has 0 saturated carbocycles. The molecule has 1 aromatic heterocycles. The first-order chi connectivity index (χ1) is 9.42. The van der Waals surface area contributed by atoms with Gasteiger partial charge in [-0.2, -0.15) is 4.80 Å². The summed E-state index contributed by atoms with van der Waals surface area (Å²) < 4.78 is 0. The van der Waals surface area contributed by atoms with Gasteiger partial charge in [-0.25, -0.2) is 0 Å². The van der Waals surface area contributed by atoms with Gasteiger partial charge in [0.1, 0.15) is 0 Å². The van der Waals surface area contributed by atoms with E-state index in [1.807, 2.05) is 30.3 Å². The first-order valence-electron chi connectivity index (χ1n) is 6.96. The van der Waals surface area contributed by atoms with Crippen molar-refractivity contribution in [3.8, 4) is 11.4 Å². The van der Waals surface area contributed by atoms with Crippen molar-refractivity contribution < 1.29 is 0 Å². The lowest BCUT2D eigenvalue weighted by Gasteiger charge is -2.21. The van der Waals surface area contributed by atoms with Crippen LogP contribution < -0.4 is 5.32 Å². The molecular weight excluding hydrogens is 238 g/mol. The van der Waals surface area contributed by atoms with Crippen molar-refractivity contribution in [1.82, 2.24) is 25.5 Å². The zero-order valence-corrected chi connectivity index (χ0v) is 11.0. The van der Waals surface area contributed by atoms with Crippen LogP contribution in [0.25, 0.3) is 11.4 Å². The minimum Gasteiger partial charge on any atom is -0.317 e. The van der Waals surface area contributed by atoms with Gasteiger partial charge in [0, 0.05) is 5.56 Å². The number of aryl methyl sites for hydroxylation is 1. The van der Waals surface area contributed by atoms with Gasteiger partial charge in [0.05, 0.1) is 6.54 Å². The van der Waals surface area contributed by atoms with Gasteiger partial charge < -0.3 is 5.32 Å². The fraction of sp³-hybridized carbons (Fsp3) is 0.500. The molecule has 2 aromatic rings. The number of piperidine rings is 1.